The van der Waals surface area contributed by atoms with Crippen LogP contribution in [0.3, 0.4) is 0 Å². The topological polar surface area (TPSA) is 29.5 Å². The van der Waals surface area contributed by atoms with Crippen molar-refractivity contribution in [2.75, 3.05) is 6.61 Å². The number of rotatable bonds is 5. The second-order valence-electron chi connectivity index (χ2n) is 8.16. The molecule has 122 valence electrons. The van der Waals surface area contributed by atoms with E-state index >= 15 is 0 Å². The van der Waals surface area contributed by atoms with E-state index in [1.807, 2.05) is 13.0 Å². The van der Waals surface area contributed by atoms with Gasteiger partial charge in [-0.3, -0.25) is 4.79 Å². The van der Waals surface area contributed by atoms with Gasteiger partial charge in [-0.05, 0) is 43.5 Å². The predicted molar refractivity (Wildman–Crippen MR) is 91.8 cm³/mol. The van der Waals surface area contributed by atoms with Crippen LogP contribution in [-0.2, 0) is 9.22 Å². The summed E-state index contributed by atoms with van der Waals surface area (Å²) in [6.07, 6.45) is 2.81. The molecule has 0 aliphatic carbocycles. The highest BCUT2D eigenvalue weighted by Crippen LogP contribution is 2.40. The summed E-state index contributed by atoms with van der Waals surface area (Å²) < 4.78 is 7.72. The molecule has 1 aliphatic heterocycles. The number of halogens is 1. The minimum absolute atomic E-state index is 0.101. The third kappa shape index (κ3) is 3.91. The first-order valence-electron chi connectivity index (χ1n) is 7.66. The first-order chi connectivity index (χ1) is 9.32. The Morgan fingerprint density at radius 1 is 1.38 bits per heavy atom. The molecule has 1 aliphatic rings. The molecule has 0 saturated carbocycles. The van der Waals surface area contributed by atoms with E-state index in [4.69, 9.17) is 16.2 Å². The Kier molecular flexibility index (Phi) is 5.40. The van der Waals surface area contributed by atoms with Gasteiger partial charge < -0.3 is 4.43 Å². The van der Waals surface area contributed by atoms with Crippen LogP contribution in [0.5, 0.6) is 0 Å². The molecular formula is C16H30ClNO2Si. The third-order valence-corrected chi connectivity index (χ3v) is 9.61. The van der Waals surface area contributed by atoms with Gasteiger partial charge in [0.1, 0.15) is 5.54 Å². The van der Waals surface area contributed by atoms with Crippen LogP contribution < -0.4 is 0 Å². The Hall–Kier alpha value is -0.323. The maximum Gasteiger partial charge on any atom is 0.264 e. The van der Waals surface area contributed by atoms with E-state index in [0.717, 1.165) is 6.42 Å². The molecule has 0 aromatic heterocycles. The van der Waals surface area contributed by atoms with Crippen molar-refractivity contribution in [1.29, 1.82) is 0 Å². The zero-order chi connectivity index (χ0) is 16.6. The quantitative estimate of drug-likeness (QED) is 0.538. The highest BCUT2D eigenvalue weighted by Gasteiger charge is 2.47. The fourth-order valence-corrected chi connectivity index (χ4v) is 3.75. The minimum Gasteiger partial charge on any atom is -0.414 e. The number of carbonyl (C=O) groups excluding carboxylic acids is 1. The molecule has 0 bridgehead atoms. The smallest absolute Gasteiger partial charge is 0.264 e. The number of hydrogen-bond donors (Lipinski definition) is 0. The maximum atomic E-state index is 12.1. The first kappa shape index (κ1) is 18.7. The Morgan fingerprint density at radius 2 is 1.90 bits per heavy atom. The SMILES string of the molecule is CC1=C[C@@](CO[Si](C)(C)C(C)(C)C)(CC(C)C)N(Cl)C1=O. The summed E-state index contributed by atoms with van der Waals surface area (Å²) in [5.41, 5.74) is 0.205. The van der Waals surface area contributed by atoms with Gasteiger partial charge in [-0.1, -0.05) is 34.6 Å². The average molecular weight is 332 g/mol. The number of carbonyl (C=O) groups is 1. The summed E-state index contributed by atoms with van der Waals surface area (Å²) in [5.74, 6) is 0.334. The highest BCUT2D eigenvalue weighted by atomic mass is 35.5. The lowest BCUT2D eigenvalue weighted by molar-refractivity contribution is -0.124. The molecule has 1 atom stereocenters. The van der Waals surface area contributed by atoms with Crippen molar-refractivity contribution < 1.29 is 9.22 Å². The van der Waals surface area contributed by atoms with Gasteiger partial charge in [0.15, 0.2) is 8.32 Å². The molecule has 1 amide bonds. The van der Waals surface area contributed by atoms with Crippen LogP contribution in [0.1, 0.15) is 48.0 Å². The predicted octanol–water partition coefficient (Wildman–Crippen LogP) is 4.74. The fraction of sp³-hybridized carbons (Fsp3) is 0.812. The second kappa shape index (κ2) is 6.05. The fourth-order valence-electron chi connectivity index (χ4n) is 2.40. The summed E-state index contributed by atoms with van der Waals surface area (Å²) in [4.78, 5) is 12.1. The van der Waals surface area contributed by atoms with Gasteiger partial charge in [0.05, 0.1) is 6.61 Å². The largest absolute Gasteiger partial charge is 0.414 e. The van der Waals surface area contributed by atoms with E-state index in [0.29, 0.717) is 18.1 Å². The van der Waals surface area contributed by atoms with Gasteiger partial charge in [0.2, 0.25) is 0 Å². The van der Waals surface area contributed by atoms with Crippen LogP contribution in [0, 0.1) is 5.92 Å². The molecule has 0 fully saturated rings. The lowest BCUT2D eigenvalue weighted by Crippen LogP contribution is -2.50. The van der Waals surface area contributed by atoms with Crippen molar-refractivity contribution in [3.63, 3.8) is 0 Å². The first-order valence-corrected chi connectivity index (χ1v) is 10.9. The Balaban J connectivity index is 3.00. The minimum atomic E-state index is -1.87. The van der Waals surface area contributed by atoms with Crippen LogP contribution >= 0.6 is 11.8 Å². The van der Waals surface area contributed by atoms with Crippen LogP contribution in [0.4, 0.5) is 0 Å². The van der Waals surface area contributed by atoms with Crippen LogP contribution in [0.2, 0.25) is 18.1 Å². The van der Waals surface area contributed by atoms with E-state index < -0.39 is 13.9 Å². The van der Waals surface area contributed by atoms with Gasteiger partial charge in [0.25, 0.3) is 5.91 Å². The zero-order valence-corrected chi connectivity index (χ0v) is 16.5. The summed E-state index contributed by atoms with van der Waals surface area (Å²) >= 11 is 6.33. The van der Waals surface area contributed by atoms with Crippen LogP contribution in [-0.4, -0.2) is 30.8 Å². The normalized spacial score (nSPS) is 24.0. The lowest BCUT2D eigenvalue weighted by Gasteiger charge is -2.41. The van der Waals surface area contributed by atoms with Crippen molar-refractivity contribution >= 4 is 26.0 Å². The maximum absolute atomic E-state index is 12.1. The van der Waals surface area contributed by atoms with Gasteiger partial charge in [0, 0.05) is 17.3 Å². The van der Waals surface area contributed by atoms with Crippen LogP contribution in [0.25, 0.3) is 0 Å². The zero-order valence-electron chi connectivity index (χ0n) is 14.7. The van der Waals surface area contributed by atoms with E-state index in [1.165, 1.54) is 4.42 Å². The van der Waals surface area contributed by atoms with Crippen molar-refractivity contribution in [3.05, 3.63) is 11.6 Å². The van der Waals surface area contributed by atoms with Crippen molar-refractivity contribution in [2.45, 2.75) is 71.6 Å². The molecule has 0 unspecified atom stereocenters. The molecule has 21 heavy (non-hydrogen) atoms. The Labute approximate surface area is 135 Å². The van der Waals surface area contributed by atoms with E-state index in [9.17, 15) is 4.79 Å². The number of hydrogen-bond acceptors (Lipinski definition) is 2. The summed E-state index contributed by atoms with van der Waals surface area (Å²) in [6.45, 7) is 17.7. The van der Waals surface area contributed by atoms with E-state index in [2.05, 4.69) is 47.7 Å². The summed E-state index contributed by atoms with van der Waals surface area (Å²) in [7, 11) is -1.87. The molecule has 0 spiro atoms. The van der Waals surface area contributed by atoms with Gasteiger partial charge in [-0.25, -0.2) is 4.42 Å². The van der Waals surface area contributed by atoms with Crippen molar-refractivity contribution in [3.8, 4) is 0 Å². The van der Waals surface area contributed by atoms with E-state index in [-0.39, 0.29) is 10.9 Å². The third-order valence-electron chi connectivity index (χ3n) is 4.64. The lowest BCUT2D eigenvalue weighted by atomic mass is 9.90. The van der Waals surface area contributed by atoms with Crippen molar-refractivity contribution in [2.24, 2.45) is 5.92 Å². The Bertz CT molecular complexity index is 440. The van der Waals surface area contributed by atoms with Gasteiger partial charge >= 0.3 is 0 Å². The molecule has 1 rings (SSSR count). The molecule has 3 nitrogen and oxygen atoms in total. The molecule has 5 heteroatoms. The van der Waals surface area contributed by atoms with Gasteiger partial charge in [-0.2, -0.15) is 0 Å². The average Bonchev–Trinajstić information content (AvgIpc) is 2.50. The molecule has 0 N–H and O–H groups in total. The van der Waals surface area contributed by atoms with E-state index in [1.54, 1.807) is 0 Å². The highest BCUT2D eigenvalue weighted by molar-refractivity contribution is 6.74. The molecule has 0 aromatic rings. The second-order valence-corrected chi connectivity index (χ2v) is 13.3. The molecule has 1 heterocycles. The van der Waals surface area contributed by atoms with Crippen molar-refractivity contribution in [1.82, 2.24) is 4.42 Å². The Morgan fingerprint density at radius 3 is 2.24 bits per heavy atom. The summed E-state index contributed by atoms with van der Waals surface area (Å²) in [5, 5.41) is 0.143. The van der Waals surface area contributed by atoms with Crippen LogP contribution in [0.15, 0.2) is 11.6 Å². The number of amides is 1. The number of nitrogens with zero attached hydrogens (tertiary/aromatic N) is 1. The summed E-state index contributed by atoms with van der Waals surface area (Å²) in [6, 6.07) is 0. The molecule has 0 radical (unpaired) electrons. The molecule has 0 saturated heterocycles. The molecular weight excluding hydrogens is 302 g/mol. The monoisotopic (exact) mass is 331 g/mol. The standard InChI is InChI=1S/C16H30ClNO2Si/c1-12(2)9-16(10-13(3)14(19)18(16)17)11-20-21(7,8)15(4,5)6/h10,12H,9,11H2,1-8H3/t16-/m1/s1. The van der Waals surface area contributed by atoms with Gasteiger partial charge in [-0.15, -0.1) is 0 Å². The molecule has 0 aromatic carbocycles.